The van der Waals surface area contributed by atoms with E-state index in [0.29, 0.717) is 29.7 Å². The van der Waals surface area contributed by atoms with Crippen molar-refractivity contribution >= 4 is 24.1 Å². The van der Waals surface area contributed by atoms with Crippen molar-refractivity contribution in [2.45, 2.75) is 43.4 Å². The van der Waals surface area contributed by atoms with Gasteiger partial charge in [-0.25, -0.2) is 4.39 Å². The molecule has 5 atom stereocenters. The van der Waals surface area contributed by atoms with Crippen molar-refractivity contribution < 1.29 is 27.1 Å². The van der Waals surface area contributed by atoms with Gasteiger partial charge in [-0.1, -0.05) is 36.4 Å². The van der Waals surface area contributed by atoms with Gasteiger partial charge in [-0.3, -0.25) is 15.1 Å². The molecule has 194 valence electrons. The molecule has 3 aliphatic rings. The van der Waals surface area contributed by atoms with Gasteiger partial charge in [0.05, 0.1) is 5.92 Å². The molecule has 0 aliphatic carbocycles. The molecule has 0 saturated carbocycles. The molecule has 36 heavy (non-hydrogen) atoms. The predicted octanol–water partition coefficient (Wildman–Crippen LogP) is 4.23. The summed E-state index contributed by atoms with van der Waals surface area (Å²) < 4.78 is 63.6. The number of amidine groups is 1. The van der Waals surface area contributed by atoms with Crippen LogP contribution in [-0.2, 0) is 16.1 Å². The molecule has 11 heteroatoms. The third kappa shape index (κ3) is 3.77. The lowest BCUT2D eigenvalue weighted by Gasteiger charge is -2.43. The number of benzene rings is 2. The van der Waals surface area contributed by atoms with E-state index in [2.05, 4.69) is 0 Å². The Hall–Kier alpha value is -2.69. The number of halogens is 5. The number of ether oxygens (including phenoxy) is 1. The lowest BCUT2D eigenvalue weighted by molar-refractivity contribution is -0.331. The predicted molar refractivity (Wildman–Crippen MR) is 127 cm³/mol. The van der Waals surface area contributed by atoms with E-state index in [9.17, 15) is 22.4 Å². The number of hydrogen-bond acceptors (Lipinski definition) is 4. The van der Waals surface area contributed by atoms with Gasteiger partial charge < -0.3 is 15.4 Å². The summed E-state index contributed by atoms with van der Waals surface area (Å²) in [7, 11) is 1.01. The van der Waals surface area contributed by atoms with Crippen LogP contribution in [0.5, 0.6) is 0 Å². The molecule has 5 rings (SSSR count). The number of rotatable bonds is 5. The molecule has 3 fully saturated rings. The lowest BCUT2D eigenvalue weighted by Crippen LogP contribution is -2.63. The number of nitrogens with two attached hydrogens (primary N) is 1. The second-order valence-corrected chi connectivity index (χ2v) is 9.43. The molecule has 0 bridgehead atoms. The molecule has 3 N–H and O–H groups in total. The van der Waals surface area contributed by atoms with E-state index in [4.69, 9.17) is 15.9 Å². The highest BCUT2D eigenvalue weighted by Gasteiger charge is 2.78. The first kappa shape index (κ1) is 26.4. The van der Waals surface area contributed by atoms with Crippen molar-refractivity contribution in [1.29, 1.82) is 5.41 Å². The maximum absolute atomic E-state index is 14.9. The van der Waals surface area contributed by atoms with Crippen LogP contribution in [0.25, 0.3) is 0 Å². The number of nitrogen functional groups attached to an aromatic ring is 1. The molecule has 6 nitrogen and oxygen atoms in total. The van der Waals surface area contributed by atoms with Crippen molar-refractivity contribution in [3.63, 3.8) is 0 Å². The fourth-order valence-electron chi connectivity index (χ4n) is 6.43. The van der Waals surface area contributed by atoms with Gasteiger partial charge in [0.2, 0.25) is 11.6 Å². The summed E-state index contributed by atoms with van der Waals surface area (Å²) in [5, 5.41) is 7.62. The Morgan fingerprint density at radius 1 is 1.17 bits per heavy atom. The SMILES string of the molecule is CO[C@@]1(C(F)(F)F)[C@H]2C3CCCN3[C@@H](c3ccc(C(=N)N)cc3)[C@H]2C(=O)N1Cc1ccc(F)cc1.Cl. The normalized spacial score (nSPS) is 29.7. The molecule has 0 radical (unpaired) electrons. The molecule has 0 spiro atoms. The Labute approximate surface area is 212 Å². The first-order chi connectivity index (χ1) is 16.6. The summed E-state index contributed by atoms with van der Waals surface area (Å²) in [4.78, 5) is 16.7. The summed E-state index contributed by atoms with van der Waals surface area (Å²) in [6.45, 7) is 0.238. The van der Waals surface area contributed by atoms with Gasteiger partial charge in [0.15, 0.2) is 0 Å². The van der Waals surface area contributed by atoms with Crippen LogP contribution < -0.4 is 5.73 Å². The molecule has 3 aliphatic heterocycles. The van der Waals surface area contributed by atoms with Gasteiger partial charge in [0, 0.05) is 37.2 Å². The second kappa shape index (κ2) is 9.32. The van der Waals surface area contributed by atoms with E-state index in [1.54, 1.807) is 24.3 Å². The summed E-state index contributed by atoms with van der Waals surface area (Å²) in [6, 6.07) is 10.8. The number of fused-ring (bicyclic) bond motifs is 3. The van der Waals surface area contributed by atoms with Crippen LogP contribution in [0.3, 0.4) is 0 Å². The fraction of sp³-hybridized carbons (Fsp3) is 0.440. The summed E-state index contributed by atoms with van der Waals surface area (Å²) >= 11 is 0. The number of carbonyl (C=O) groups excluding carboxylic acids is 1. The molecule has 1 amide bonds. The van der Waals surface area contributed by atoms with Gasteiger partial charge >= 0.3 is 6.18 Å². The Balaban J connectivity index is 0.00000304. The monoisotopic (exact) mass is 526 g/mol. The molecule has 1 unspecified atom stereocenters. The van der Waals surface area contributed by atoms with E-state index in [1.807, 2.05) is 4.90 Å². The molecule has 2 aromatic carbocycles. The van der Waals surface area contributed by atoms with Gasteiger partial charge in [-0.15, -0.1) is 12.4 Å². The molecule has 3 heterocycles. The quantitative estimate of drug-likeness (QED) is 0.347. The number of alkyl halides is 3. The second-order valence-electron chi connectivity index (χ2n) is 9.43. The van der Waals surface area contributed by atoms with Crippen molar-refractivity contribution in [1.82, 2.24) is 9.80 Å². The third-order valence-corrected chi connectivity index (χ3v) is 7.78. The van der Waals surface area contributed by atoms with Crippen LogP contribution in [0.1, 0.15) is 35.6 Å². The van der Waals surface area contributed by atoms with E-state index >= 15 is 0 Å². The molecule has 2 aromatic rings. The Morgan fingerprint density at radius 3 is 2.36 bits per heavy atom. The topological polar surface area (TPSA) is 82.6 Å². The van der Waals surface area contributed by atoms with Crippen LogP contribution in [0.15, 0.2) is 48.5 Å². The summed E-state index contributed by atoms with van der Waals surface area (Å²) in [5.41, 5.74) is 4.35. The zero-order chi connectivity index (χ0) is 25.1. The average Bonchev–Trinajstić information content (AvgIpc) is 3.46. The summed E-state index contributed by atoms with van der Waals surface area (Å²) in [6.07, 6.45) is -3.60. The minimum absolute atomic E-state index is 0. The maximum atomic E-state index is 14.9. The fourth-order valence-corrected chi connectivity index (χ4v) is 6.43. The van der Waals surface area contributed by atoms with Crippen molar-refractivity contribution in [3.8, 4) is 0 Å². The zero-order valence-electron chi connectivity index (χ0n) is 19.5. The lowest BCUT2D eigenvalue weighted by atomic mass is 9.79. The number of nitrogens with zero attached hydrogens (tertiary/aromatic N) is 2. The number of carbonyl (C=O) groups is 1. The van der Waals surface area contributed by atoms with Gasteiger partial charge in [-0.2, -0.15) is 13.2 Å². The van der Waals surface area contributed by atoms with E-state index in [0.717, 1.165) is 30.6 Å². The summed E-state index contributed by atoms with van der Waals surface area (Å²) in [5.74, 6) is -3.35. The van der Waals surface area contributed by atoms with Crippen molar-refractivity contribution in [2.24, 2.45) is 17.6 Å². The smallest absolute Gasteiger partial charge is 0.384 e. The molecular formula is C25H27ClF4N4O2. The highest BCUT2D eigenvalue weighted by atomic mass is 35.5. The van der Waals surface area contributed by atoms with Crippen LogP contribution in [0.4, 0.5) is 17.6 Å². The number of amides is 1. The Morgan fingerprint density at radius 2 is 1.81 bits per heavy atom. The van der Waals surface area contributed by atoms with Crippen LogP contribution >= 0.6 is 12.4 Å². The Bertz CT molecular complexity index is 1140. The maximum Gasteiger partial charge on any atom is 0.437 e. The van der Waals surface area contributed by atoms with E-state index < -0.39 is 47.5 Å². The highest BCUT2D eigenvalue weighted by molar-refractivity contribution is 5.95. The van der Waals surface area contributed by atoms with Crippen LogP contribution in [-0.4, -0.2) is 53.1 Å². The van der Waals surface area contributed by atoms with Crippen molar-refractivity contribution in [2.75, 3.05) is 13.7 Å². The highest BCUT2D eigenvalue weighted by Crippen LogP contribution is 2.62. The minimum Gasteiger partial charge on any atom is -0.384 e. The van der Waals surface area contributed by atoms with E-state index in [-0.39, 0.29) is 24.8 Å². The van der Waals surface area contributed by atoms with Gasteiger partial charge in [0.25, 0.3) is 0 Å². The molecular weight excluding hydrogens is 500 g/mol. The minimum atomic E-state index is -4.85. The molecule has 3 saturated heterocycles. The van der Waals surface area contributed by atoms with Crippen LogP contribution in [0, 0.1) is 23.1 Å². The number of methoxy groups -OCH3 is 1. The standard InChI is InChI=1S/C25H26F4N4O2.ClH/c1-35-24(25(27,28)29)20-18-3-2-12-32(18)21(15-6-8-16(9-7-15)22(30)31)19(20)23(34)33(24)13-14-4-10-17(26)11-5-14;/h4-11,18-21H,2-3,12-13H2,1H3,(H3,30,31);1H/t18?,19-,20-,21-,24+;/m0./s1. The van der Waals surface area contributed by atoms with Crippen LogP contribution in [0.2, 0.25) is 0 Å². The van der Waals surface area contributed by atoms with Gasteiger partial charge in [-0.05, 0) is 42.6 Å². The third-order valence-electron chi connectivity index (χ3n) is 7.78. The molecule has 0 aromatic heterocycles. The van der Waals surface area contributed by atoms with E-state index in [1.165, 1.54) is 12.1 Å². The average molecular weight is 527 g/mol. The largest absolute Gasteiger partial charge is 0.437 e. The number of nitrogens with one attached hydrogen (secondary N) is 1. The number of hydrogen-bond donors (Lipinski definition) is 2. The first-order valence-corrected chi connectivity index (χ1v) is 11.5. The number of likely N-dealkylation sites (tertiary alicyclic amines) is 1. The first-order valence-electron chi connectivity index (χ1n) is 11.5. The van der Waals surface area contributed by atoms with Gasteiger partial charge in [0.1, 0.15) is 11.7 Å². The Kier molecular flexibility index (Phi) is 6.83. The van der Waals surface area contributed by atoms with Crippen molar-refractivity contribution in [3.05, 3.63) is 71.0 Å². The zero-order valence-corrected chi connectivity index (χ0v) is 20.3.